The van der Waals surface area contributed by atoms with Crippen molar-refractivity contribution in [1.82, 2.24) is 0 Å². The minimum Gasteiger partial charge on any atom is -0.493 e. The Hall–Kier alpha value is -1.84. The Labute approximate surface area is 92.8 Å². The van der Waals surface area contributed by atoms with E-state index in [0.717, 1.165) is 12.8 Å². The molecular weight excluding hydrogens is 208 g/mol. The van der Waals surface area contributed by atoms with E-state index in [4.69, 9.17) is 9.84 Å². The molecule has 0 aliphatic heterocycles. The summed E-state index contributed by atoms with van der Waals surface area (Å²) in [5.74, 6) is -1.45. The van der Waals surface area contributed by atoms with Gasteiger partial charge in [0.25, 0.3) is 5.78 Å². The molecule has 0 spiro atoms. The highest BCUT2D eigenvalue weighted by molar-refractivity contribution is 6.40. The zero-order chi connectivity index (χ0) is 11.5. The maximum atomic E-state index is 11.3. The van der Waals surface area contributed by atoms with Gasteiger partial charge in [-0.05, 0) is 30.9 Å². The first kappa shape index (κ1) is 10.7. The van der Waals surface area contributed by atoms with E-state index < -0.39 is 11.8 Å². The first-order chi connectivity index (χ1) is 7.68. The lowest BCUT2D eigenvalue weighted by molar-refractivity contribution is -0.131. The number of ketones is 1. The Balaban J connectivity index is 2.15. The van der Waals surface area contributed by atoms with E-state index in [9.17, 15) is 9.59 Å². The van der Waals surface area contributed by atoms with Crippen LogP contribution < -0.4 is 4.74 Å². The number of hydrogen-bond donors (Lipinski definition) is 1. The molecule has 84 valence electrons. The number of carboxylic acid groups (broad SMARTS) is 1. The van der Waals surface area contributed by atoms with E-state index >= 15 is 0 Å². The van der Waals surface area contributed by atoms with Gasteiger partial charge in [-0.3, -0.25) is 4.79 Å². The second-order valence-corrected chi connectivity index (χ2v) is 3.88. The molecule has 16 heavy (non-hydrogen) atoms. The molecule has 1 aromatic carbocycles. The second kappa shape index (κ2) is 4.35. The van der Waals surface area contributed by atoms with Crippen LogP contribution in [0, 0.1) is 5.92 Å². The minimum absolute atomic E-state index is 0.121. The molecule has 4 heteroatoms. The number of aliphatic carboxylic acids is 1. The van der Waals surface area contributed by atoms with Gasteiger partial charge in [-0.1, -0.05) is 12.1 Å². The molecule has 1 aliphatic rings. The standard InChI is InChI=1S/C12H12O4/c13-11(12(14)15)9-3-1-2-4-10(9)16-7-8-5-6-8/h1-4,8H,5-7H2,(H,14,15). The quantitative estimate of drug-likeness (QED) is 0.606. The van der Waals surface area contributed by atoms with Crippen LogP contribution in [0.5, 0.6) is 5.75 Å². The summed E-state index contributed by atoms with van der Waals surface area (Å²) in [7, 11) is 0. The summed E-state index contributed by atoms with van der Waals surface area (Å²) in [6.45, 7) is 0.559. The van der Waals surface area contributed by atoms with Gasteiger partial charge < -0.3 is 9.84 Å². The van der Waals surface area contributed by atoms with E-state index in [2.05, 4.69) is 0 Å². The molecule has 1 aliphatic carbocycles. The van der Waals surface area contributed by atoms with Crippen molar-refractivity contribution < 1.29 is 19.4 Å². The molecule has 1 N–H and O–H groups in total. The van der Waals surface area contributed by atoms with Crippen molar-refractivity contribution in [3.8, 4) is 5.75 Å². The molecular formula is C12H12O4. The Bertz CT molecular complexity index is 421. The number of ether oxygens (including phenoxy) is 1. The van der Waals surface area contributed by atoms with E-state index in [1.807, 2.05) is 0 Å². The zero-order valence-electron chi connectivity index (χ0n) is 8.68. The van der Waals surface area contributed by atoms with Crippen molar-refractivity contribution in [3.05, 3.63) is 29.8 Å². The number of carbonyl (C=O) groups excluding carboxylic acids is 1. The van der Waals surface area contributed by atoms with E-state index in [0.29, 0.717) is 18.3 Å². The molecule has 1 aromatic rings. The molecule has 1 saturated carbocycles. The number of benzene rings is 1. The highest BCUT2D eigenvalue weighted by atomic mass is 16.5. The van der Waals surface area contributed by atoms with Crippen molar-refractivity contribution in [2.45, 2.75) is 12.8 Å². The van der Waals surface area contributed by atoms with Crippen LogP contribution in [0.25, 0.3) is 0 Å². The highest BCUT2D eigenvalue weighted by Gasteiger charge is 2.24. The predicted molar refractivity (Wildman–Crippen MR) is 56.6 cm³/mol. The van der Waals surface area contributed by atoms with E-state index in [1.165, 1.54) is 6.07 Å². The van der Waals surface area contributed by atoms with Gasteiger partial charge in [-0.25, -0.2) is 4.79 Å². The lowest BCUT2D eigenvalue weighted by Gasteiger charge is -2.08. The van der Waals surface area contributed by atoms with Gasteiger partial charge in [0.15, 0.2) is 0 Å². The van der Waals surface area contributed by atoms with Crippen molar-refractivity contribution in [2.24, 2.45) is 5.92 Å². The molecule has 4 nitrogen and oxygen atoms in total. The summed E-state index contributed by atoms with van der Waals surface area (Å²) in [5, 5.41) is 8.64. The topological polar surface area (TPSA) is 63.6 Å². The number of para-hydroxylation sites is 1. The molecule has 0 heterocycles. The number of rotatable bonds is 5. The van der Waals surface area contributed by atoms with Crippen molar-refractivity contribution >= 4 is 11.8 Å². The first-order valence-corrected chi connectivity index (χ1v) is 5.18. The normalized spacial score (nSPS) is 14.5. The number of carbonyl (C=O) groups is 2. The van der Waals surface area contributed by atoms with Gasteiger partial charge in [0.05, 0.1) is 12.2 Å². The molecule has 0 amide bonds. The monoisotopic (exact) mass is 220 g/mol. The number of carboxylic acids is 1. The molecule has 0 unspecified atom stereocenters. The third kappa shape index (κ3) is 2.39. The molecule has 0 saturated heterocycles. The Morgan fingerprint density at radius 2 is 2.00 bits per heavy atom. The van der Waals surface area contributed by atoms with Gasteiger partial charge in [0.1, 0.15) is 5.75 Å². The lowest BCUT2D eigenvalue weighted by Crippen LogP contribution is -2.14. The van der Waals surface area contributed by atoms with Crippen LogP contribution in [-0.2, 0) is 4.79 Å². The maximum absolute atomic E-state index is 11.3. The fourth-order valence-electron chi connectivity index (χ4n) is 1.39. The fraction of sp³-hybridized carbons (Fsp3) is 0.333. The van der Waals surface area contributed by atoms with Gasteiger partial charge in [-0.2, -0.15) is 0 Å². The number of hydrogen-bond acceptors (Lipinski definition) is 3. The molecule has 0 bridgehead atoms. The Kier molecular flexibility index (Phi) is 2.90. The summed E-state index contributed by atoms with van der Waals surface area (Å²) in [4.78, 5) is 21.9. The fourth-order valence-corrected chi connectivity index (χ4v) is 1.39. The van der Waals surface area contributed by atoms with Gasteiger partial charge in [-0.15, -0.1) is 0 Å². The van der Waals surface area contributed by atoms with Gasteiger partial charge >= 0.3 is 5.97 Å². The summed E-state index contributed by atoms with van der Waals surface area (Å²) in [6.07, 6.45) is 2.30. The molecule has 0 atom stereocenters. The van der Waals surface area contributed by atoms with Crippen molar-refractivity contribution in [2.75, 3.05) is 6.61 Å². The van der Waals surface area contributed by atoms with Crippen LogP contribution in [0.1, 0.15) is 23.2 Å². The maximum Gasteiger partial charge on any atom is 0.377 e. The molecule has 2 rings (SSSR count). The largest absolute Gasteiger partial charge is 0.493 e. The lowest BCUT2D eigenvalue weighted by atomic mass is 10.1. The Morgan fingerprint density at radius 1 is 1.31 bits per heavy atom. The number of Topliss-reactive ketones (excluding diaryl/α,β-unsaturated/α-hetero) is 1. The first-order valence-electron chi connectivity index (χ1n) is 5.18. The summed E-state index contributed by atoms with van der Waals surface area (Å²) in [5.41, 5.74) is 0.121. The third-order valence-electron chi connectivity index (χ3n) is 2.50. The van der Waals surface area contributed by atoms with Crippen LogP contribution in [0.4, 0.5) is 0 Å². The van der Waals surface area contributed by atoms with Crippen molar-refractivity contribution in [3.63, 3.8) is 0 Å². The summed E-state index contributed by atoms with van der Waals surface area (Å²) in [6, 6.07) is 6.44. The second-order valence-electron chi connectivity index (χ2n) is 3.88. The third-order valence-corrected chi connectivity index (χ3v) is 2.50. The van der Waals surface area contributed by atoms with Crippen LogP contribution >= 0.6 is 0 Å². The molecule has 0 aromatic heterocycles. The van der Waals surface area contributed by atoms with Crippen LogP contribution in [-0.4, -0.2) is 23.5 Å². The van der Waals surface area contributed by atoms with Gasteiger partial charge in [0.2, 0.25) is 0 Å². The zero-order valence-corrected chi connectivity index (χ0v) is 8.68. The van der Waals surface area contributed by atoms with Gasteiger partial charge in [0, 0.05) is 0 Å². The van der Waals surface area contributed by atoms with Crippen LogP contribution in [0.2, 0.25) is 0 Å². The predicted octanol–water partition coefficient (Wildman–Crippen LogP) is 1.74. The minimum atomic E-state index is -1.46. The SMILES string of the molecule is O=C(O)C(=O)c1ccccc1OCC1CC1. The van der Waals surface area contributed by atoms with Crippen molar-refractivity contribution in [1.29, 1.82) is 0 Å². The van der Waals surface area contributed by atoms with E-state index in [1.54, 1.807) is 18.2 Å². The Morgan fingerprint density at radius 3 is 2.62 bits per heavy atom. The average molecular weight is 220 g/mol. The van der Waals surface area contributed by atoms with Crippen LogP contribution in [0.3, 0.4) is 0 Å². The molecule has 0 radical (unpaired) electrons. The van der Waals surface area contributed by atoms with Crippen LogP contribution in [0.15, 0.2) is 24.3 Å². The summed E-state index contributed by atoms with van der Waals surface area (Å²) < 4.78 is 5.45. The molecule has 1 fully saturated rings. The summed E-state index contributed by atoms with van der Waals surface area (Å²) >= 11 is 0. The van der Waals surface area contributed by atoms with E-state index in [-0.39, 0.29) is 5.56 Å². The highest BCUT2D eigenvalue weighted by Crippen LogP contribution is 2.30. The smallest absolute Gasteiger partial charge is 0.377 e. The average Bonchev–Trinajstić information content (AvgIpc) is 3.09.